The molecule has 0 saturated carbocycles. The van der Waals surface area contributed by atoms with Gasteiger partial charge in [-0.05, 0) is 92.6 Å². The van der Waals surface area contributed by atoms with Crippen LogP contribution in [0.25, 0.3) is 10.9 Å². The summed E-state index contributed by atoms with van der Waals surface area (Å²) in [4.78, 5) is 55.9. The number of likely N-dealkylation sites (N-methyl/N-ethyl adjacent to an activating group) is 1. The standard InChI is InChI=1S/C41H52ClN9O4S/c1-50-36(17-26-21-46-33-10-3-2-9-31(26)33)39(53)48-22-27-16-28(51-23-30-18-29(51)24-55-30)19-32(42)37(27)56-40-25(8-7-15-45-40)20-47-34(12-6-14-44)38(52)49-35(41(50)54)11-4-5-13-43/h2-3,7-10,15-16,19,21,29-30,34-36,46-47H,4-6,11-14,17-18,20,22-24,43-44H2,1H3,(H,48,53)(H,49,52)/t29?,30?,34-,35-,36-/m0/s1. The highest BCUT2D eigenvalue weighted by Gasteiger charge is 2.40. The van der Waals surface area contributed by atoms with Crippen molar-refractivity contribution < 1.29 is 19.1 Å². The van der Waals surface area contributed by atoms with Gasteiger partial charge in [0.15, 0.2) is 0 Å². The third-order valence-electron chi connectivity index (χ3n) is 11.2. The molecule has 8 N–H and O–H groups in total. The molecule has 15 heteroatoms. The number of rotatable bonds is 10. The maximum Gasteiger partial charge on any atom is 0.245 e. The fourth-order valence-electron chi connectivity index (χ4n) is 8.03. The number of aromatic amines is 1. The summed E-state index contributed by atoms with van der Waals surface area (Å²) in [5, 5.41) is 11.9. The predicted octanol–water partition coefficient (Wildman–Crippen LogP) is 3.86. The van der Waals surface area contributed by atoms with Crippen LogP contribution >= 0.6 is 23.4 Å². The highest BCUT2D eigenvalue weighted by Crippen LogP contribution is 2.42. The zero-order valence-electron chi connectivity index (χ0n) is 31.8. The highest BCUT2D eigenvalue weighted by molar-refractivity contribution is 7.99. The van der Waals surface area contributed by atoms with E-state index in [1.54, 1.807) is 13.2 Å². The van der Waals surface area contributed by atoms with Crippen molar-refractivity contribution in [3.8, 4) is 0 Å². The molecule has 3 aliphatic heterocycles. The first-order valence-electron chi connectivity index (χ1n) is 19.6. The predicted molar refractivity (Wildman–Crippen MR) is 219 cm³/mol. The molecule has 56 heavy (non-hydrogen) atoms. The molecule has 2 aromatic carbocycles. The van der Waals surface area contributed by atoms with Crippen molar-refractivity contribution >= 4 is 57.7 Å². The summed E-state index contributed by atoms with van der Waals surface area (Å²) in [5.74, 6) is -0.978. The lowest BCUT2D eigenvalue weighted by atomic mass is 10.0. The van der Waals surface area contributed by atoms with Crippen LogP contribution in [0.5, 0.6) is 0 Å². The average molecular weight is 802 g/mol. The quantitative estimate of drug-likeness (QED) is 0.129. The number of aromatic nitrogens is 2. The van der Waals surface area contributed by atoms with E-state index in [-0.39, 0.29) is 42.8 Å². The minimum Gasteiger partial charge on any atom is -0.374 e. The maximum atomic E-state index is 14.6. The van der Waals surface area contributed by atoms with Crippen LogP contribution in [-0.4, -0.2) is 96.1 Å². The van der Waals surface area contributed by atoms with Crippen molar-refractivity contribution in [1.82, 2.24) is 30.8 Å². The van der Waals surface area contributed by atoms with E-state index < -0.39 is 18.1 Å². The number of halogens is 1. The molecular weight excluding hydrogens is 750 g/mol. The van der Waals surface area contributed by atoms with E-state index in [0.717, 1.165) is 56.2 Å². The van der Waals surface area contributed by atoms with E-state index in [1.807, 2.05) is 48.7 Å². The summed E-state index contributed by atoms with van der Waals surface area (Å²) in [6, 6.07) is 13.7. The topological polar surface area (TPSA) is 184 Å². The average Bonchev–Trinajstić information content (AvgIpc) is 3.96. The smallest absolute Gasteiger partial charge is 0.245 e. The lowest BCUT2D eigenvalue weighted by molar-refractivity contribution is -0.142. The molecule has 4 aromatic rings. The molecule has 2 unspecified atom stereocenters. The Bertz CT molecular complexity index is 2030. The molecule has 2 aromatic heterocycles. The van der Waals surface area contributed by atoms with Gasteiger partial charge in [-0.25, -0.2) is 4.98 Å². The van der Waals surface area contributed by atoms with Crippen molar-refractivity contribution in [2.75, 3.05) is 38.2 Å². The minimum absolute atomic E-state index is 0.165. The van der Waals surface area contributed by atoms with Gasteiger partial charge < -0.3 is 46.9 Å². The highest BCUT2D eigenvalue weighted by atomic mass is 35.5. The Balaban J connectivity index is 1.29. The fraction of sp³-hybridized carbons (Fsp3) is 0.463. The number of carbonyl (C=O) groups excluding carboxylic acids is 3. The second-order valence-corrected chi connectivity index (χ2v) is 16.3. The second kappa shape index (κ2) is 18.4. The summed E-state index contributed by atoms with van der Waals surface area (Å²) in [7, 11) is 1.65. The number of nitrogens with zero attached hydrogens (tertiary/aromatic N) is 3. The van der Waals surface area contributed by atoms with E-state index in [4.69, 9.17) is 32.8 Å². The van der Waals surface area contributed by atoms with E-state index in [9.17, 15) is 14.4 Å². The molecule has 2 bridgehead atoms. The number of ether oxygens (including phenoxy) is 1. The number of nitrogens with two attached hydrogens (primary N) is 2. The number of fused-ring (bicyclic) bond motifs is 5. The van der Waals surface area contributed by atoms with E-state index in [2.05, 4.69) is 31.9 Å². The number of benzene rings is 2. The summed E-state index contributed by atoms with van der Waals surface area (Å²) in [6.45, 7) is 2.83. The van der Waals surface area contributed by atoms with Crippen LogP contribution < -0.4 is 32.3 Å². The third-order valence-corrected chi connectivity index (χ3v) is 12.8. The molecule has 5 heterocycles. The third kappa shape index (κ3) is 9.01. The first-order valence-corrected chi connectivity index (χ1v) is 20.8. The van der Waals surface area contributed by atoms with E-state index in [1.165, 1.54) is 16.7 Å². The molecule has 5 atom stereocenters. The van der Waals surface area contributed by atoms with Crippen LogP contribution in [0.4, 0.5) is 5.69 Å². The fourth-order valence-corrected chi connectivity index (χ4v) is 9.37. The van der Waals surface area contributed by atoms with Crippen LogP contribution in [0, 0.1) is 0 Å². The maximum absolute atomic E-state index is 14.6. The van der Waals surface area contributed by atoms with E-state index >= 15 is 0 Å². The van der Waals surface area contributed by atoms with Gasteiger partial charge in [-0.2, -0.15) is 0 Å². The zero-order chi connectivity index (χ0) is 39.2. The normalized spacial score (nSPS) is 23.5. The van der Waals surface area contributed by atoms with E-state index in [0.29, 0.717) is 63.4 Å². The molecule has 3 aliphatic rings. The Hall–Kier alpha value is -4.18. The van der Waals surface area contributed by atoms with Gasteiger partial charge in [0.1, 0.15) is 17.1 Å². The molecule has 0 aliphatic carbocycles. The Labute approximate surface area is 337 Å². The molecule has 0 radical (unpaired) electrons. The van der Waals surface area contributed by atoms with Crippen LogP contribution in [-0.2, 0) is 38.6 Å². The number of amides is 3. The summed E-state index contributed by atoms with van der Waals surface area (Å²) < 4.78 is 5.89. The number of unbranched alkanes of at least 4 members (excludes halogenated alkanes) is 1. The number of morpholine rings is 1. The van der Waals surface area contributed by atoms with Crippen molar-refractivity contribution in [3.63, 3.8) is 0 Å². The van der Waals surface area contributed by atoms with Crippen LogP contribution in [0.15, 0.2) is 70.8 Å². The molecule has 7 rings (SSSR count). The zero-order valence-corrected chi connectivity index (χ0v) is 33.3. The van der Waals surface area contributed by atoms with Crippen molar-refractivity contribution in [1.29, 1.82) is 0 Å². The molecule has 298 valence electrons. The number of pyridine rings is 1. The van der Waals surface area contributed by atoms with Gasteiger partial charge in [-0.1, -0.05) is 47.6 Å². The molecule has 2 saturated heterocycles. The van der Waals surface area contributed by atoms with Gasteiger partial charge in [-0.15, -0.1) is 0 Å². The lowest BCUT2D eigenvalue weighted by Crippen LogP contribution is -2.57. The van der Waals surface area contributed by atoms with Crippen molar-refractivity contribution in [3.05, 3.63) is 82.6 Å². The number of carbonyl (C=O) groups is 3. The summed E-state index contributed by atoms with van der Waals surface area (Å²) >= 11 is 8.61. The van der Waals surface area contributed by atoms with Gasteiger partial charge in [0.25, 0.3) is 0 Å². The van der Waals surface area contributed by atoms with Gasteiger partial charge >= 0.3 is 0 Å². The number of hydrogen-bond acceptors (Lipinski definition) is 10. The summed E-state index contributed by atoms with van der Waals surface area (Å²) in [5.41, 5.74) is 16.3. The monoisotopic (exact) mass is 801 g/mol. The van der Waals surface area contributed by atoms with Crippen LogP contribution in [0.2, 0.25) is 5.02 Å². The Morgan fingerprint density at radius 1 is 0.964 bits per heavy atom. The largest absolute Gasteiger partial charge is 0.374 e. The number of anilines is 1. The second-order valence-electron chi connectivity index (χ2n) is 14.9. The Kier molecular flexibility index (Phi) is 13.1. The first kappa shape index (κ1) is 40.0. The Morgan fingerprint density at radius 3 is 2.57 bits per heavy atom. The van der Waals surface area contributed by atoms with Gasteiger partial charge in [0.2, 0.25) is 17.7 Å². The lowest BCUT2D eigenvalue weighted by Gasteiger charge is -2.32. The minimum atomic E-state index is -0.902. The number of H-pyrrole nitrogens is 1. The molecule has 2 fully saturated rings. The number of para-hydroxylation sites is 1. The van der Waals surface area contributed by atoms with Gasteiger partial charge in [0.05, 0.1) is 29.8 Å². The van der Waals surface area contributed by atoms with Crippen LogP contribution in [0.1, 0.15) is 55.2 Å². The molecule has 13 nitrogen and oxygen atoms in total. The first-order chi connectivity index (χ1) is 27.2. The van der Waals surface area contributed by atoms with Crippen molar-refractivity contribution in [2.24, 2.45) is 11.5 Å². The Morgan fingerprint density at radius 2 is 1.79 bits per heavy atom. The molecule has 3 amide bonds. The molecule has 0 spiro atoms. The SMILES string of the molecule is CN1C(=O)[C@H](CCCCN)NC(=O)[C@H](CCCN)NCc2cccnc2Sc2c(Cl)cc(N3CC4CC3CO4)cc2CNC(=O)[C@@H]1Cc1c[nH]c2ccccc12. The van der Waals surface area contributed by atoms with Crippen molar-refractivity contribution in [2.45, 2.75) is 98.2 Å². The van der Waals surface area contributed by atoms with Gasteiger partial charge in [-0.3, -0.25) is 14.4 Å². The number of hydrogen-bond donors (Lipinski definition) is 6. The summed E-state index contributed by atoms with van der Waals surface area (Å²) in [6.07, 6.45) is 7.80. The van der Waals surface area contributed by atoms with Gasteiger partial charge in [0, 0.05) is 67.0 Å². The number of nitrogens with one attached hydrogen (secondary N) is 4. The van der Waals surface area contributed by atoms with Crippen LogP contribution in [0.3, 0.4) is 0 Å². The molecular formula is C41H52ClN9O4S.